The molecule has 0 fully saturated rings. The Morgan fingerprint density at radius 3 is 2.75 bits per heavy atom. The van der Waals surface area contributed by atoms with Gasteiger partial charge in [0.05, 0.1) is 11.7 Å². The van der Waals surface area contributed by atoms with Crippen LogP contribution in [0.3, 0.4) is 0 Å². The lowest BCUT2D eigenvalue weighted by Gasteiger charge is -2.19. The second-order valence-electron chi connectivity index (χ2n) is 7.75. The van der Waals surface area contributed by atoms with Crippen LogP contribution >= 0.6 is 11.3 Å². The maximum absolute atomic E-state index is 12.9. The van der Waals surface area contributed by atoms with Crippen molar-refractivity contribution in [3.8, 4) is 0 Å². The smallest absolute Gasteiger partial charge is 0.262 e. The molecule has 0 radical (unpaired) electrons. The van der Waals surface area contributed by atoms with Crippen LogP contribution in [0.1, 0.15) is 50.0 Å². The fraction of sp³-hybridized carbons (Fsp3) is 0.600. The van der Waals surface area contributed by atoms with Crippen LogP contribution in [0.2, 0.25) is 0 Å². The molecule has 152 valence electrons. The van der Waals surface area contributed by atoms with Gasteiger partial charge in [-0.15, -0.1) is 11.3 Å². The van der Waals surface area contributed by atoms with Crippen LogP contribution in [-0.4, -0.2) is 34.5 Å². The van der Waals surface area contributed by atoms with Gasteiger partial charge in [-0.05, 0) is 43.6 Å². The van der Waals surface area contributed by atoms with E-state index in [1.807, 2.05) is 13.8 Å². The van der Waals surface area contributed by atoms with Crippen LogP contribution in [0.25, 0.3) is 10.2 Å². The van der Waals surface area contributed by atoms with E-state index in [9.17, 15) is 14.4 Å². The Morgan fingerprint density at radius 2 is 2.04 bits per heavy atom. The number of hydrogen-bond donors (Lipinski definition) is 2. The summed E-state index contributed by atoms with van der Waals surface area (Å²) < 4.78 is 1.51. The summed E-state index contributed by atoms with van der Waals surface area (Å²) in [6, 6.07) is -0.557. The first-order chi connectivity index (χ1) is 13.4. The van der Waals surface area contributed by atoms with E-state index in [1.54, 1.807) is 18.4 Å². The Kier molecular flexibility index (Phi) is 6.49. The molecule has 0 saturated heterocycles. The molecule has 2 aromatic rings. The van der Waals surface area contributed by atoms with Gasteiger partial charge in [0.15, 0.2) is 0 Å². The highest BCUT2D eigenvalue weighted by Gasteiger charge is 2.22. The molecule has 0 spiro atoms. The van der Waals surface area contributed by atoms with Gasteiger partial charge in [0.25, 0.3) is 5.56 Å². The van der Waals surface area contributed by atoms with Gasteiger partial charge in [0, 0.05) is 24.9 Å². The number of hydrogen-bond acceptors (Lipinski definition) is 5. The number of carbonyl (C=O) groups is 2. The minimum Gasteiger partial charge on any atom is -0.357 e. The summed E-state index contributed by atoms with van der Waals surface area (Å²) in [6.45, 7) is 4.26. The normalized spacial score (nSPS) is 14.7. The molecule has 1 aliphatic carbocycles. The van der Waals surface area contributed by atoms with E-state index in [2.05, 4.69) is 15.6 Å². The van der Waals surface area contributed by atoms with Gasteiger partial charge >= 0.3 is 0 Å². The number of aryl methyl sites for hydroxylation is 3. The molecule has 3 rings (SSSR count). The van der Waals surface area contributed by atoms with Gasteiger partial charge in [0.1, 0.15) is 10.9 Å². The molecule has 1 atom stereocenters. The van der Waals surface area contributed by atoms with Crippen molar-refractivity contribution < 1.29 is 9.59 Å². The second kappa shape index (κ2) is 8.86. The lowest BCUT2D eigenvalue weighted by Crippen LogP contribution is -2.46. The Morgan fingerprint density at radius 1 is 1.29 bits per heavy atom. The molecule has 7 nitrogen and oxygen atoms in total. The Labute approximate surface area is 168 Å². The van der Waals surface area contributed by atoms with Crippen LogP contribution in [-0.2, 0) is 29.0 Å². The number of nitrogens with one attached hydrogen (secondary N) is 2. The standard InChI is InChI=1S/C20H28N4O3S/c1-12(2)10-14(18(26)21-3)23-16(25)8-9-24-11-22-19-17(20(24)27)13-6-4-5-7-15(13)28-19/h11-12,14H,4-10H2,1-3H3,(H,21,26)(H,23,25). The lowest BCUT2D eigenvalue weighted by molar-refractivity contribution is -0.129. The Balaban J connectivity index is 1.71. The molecule has 0 bridgehead atoms. The molecule has 1 aliphatic rings. The molecule has 2 aromatic heterocycles. The van der Waals surface area contributed by atoms with Crippen LogP contribution in [0.15, 0.2) is 11.1 Å². The first kappa shape index (κ1) is 20.5. The molecular weight excluding hydrogens is 376 g/mol. The van der Waals surface area contributed by atoms with Gasteiger partial charge in [-0.3, -0.25) is 19.0 Å². The summed E-state index contributed by atoms with van der Waals surface area (Å²) in [6.07, 6.45) is 6.45. The lowest BCUT2D eigenvalue weighted by atomic mass is 9.97. The highest BCUT2D eigenvalue weighted by Crippen LogP contribution is 2.33. The van der Waals surface area contributed by atoms with Gasteiger partial charge in [-0.2, -0.15) is 0 Å². The topological polar surface area (TPSA) is 93.1 Å². The molecule has 28 heavy (non-hydrogen) atoms. The molecule has 2 amide bonds. The van der Waals surface area contributed by atoms with E-state index < -0.39 is 6.04 Å². The SMILES string of the molecule is CNC(=O)C(CC(C)C)NC(=O)CCn1cnc2sc3c(c2c1=O)CCCC3. The molecule has 0 aromatic carbocycles. The van der Waals surface area contributed by atoms with Gasteiger partial charge < -0.3 is 10.6 Å². The van der Waals surface area contributed by atoms with Crippen LogP contribution in [0, 0.1) is 5.92 Å². The fourth-order valence-corrected chi connectivity index (χ4v) is 4.93. The average Bonchev–Trinajstić information content (AvgIpc) is 3.05. The molecule has 2 heterocycles. The number of rotatable bonds is 7. The maximum atomic E-state index is 12.9. The largest absolute Gasteiger partial charge is 0.357 e. The van der Waals surface area contributed by atoms with Crippen molar-refractivity contribution in [1.82, 2.24) is 20.2 Å². The number of likely N-dealkylation sites (N-methyl/N-ethyl adjacent to an activating group) is 1. The van der Waals surface area contributed by atoms with E-state index in [4.69, 9.17) is 0 Å². The van der Waals surface area contributed by atoms with E-state index in [1.165, 1.54) is 15.8 Å². The summed E-state index contributed by atoms with van der Waals surface area (Å²) in [5.74, 6) is -0.164. The predicted molar refractivity (Wildman–Crippen MR) is 111 cm³/mol. The number of carbonyl (C=O) groups excluding carboxylic acids is 2. The van der Waals surface area contributed by atoms with Gasteiger partial charge in [-0.1, -0.05) is 13.8 Å². The Hall–Kier alpha value is -2.22. The van der Waals surface area contributed by atoms with Gasteiger partial charge in [0.2, 0.25) is 11.8 Å². The average molecular weight is 405 g/mol. The summed E-state index contributed by atoms with van der Waals surface area (Å²) in [4.78, 5) is 43.8. The van der Waals surface area contributed by atoms with Crippen molar-refractivity contribution in [3.63, 3.8) is 0 Å². The van der Waals surface area contributed by atoms with Crippen molar-refractivity contribution >= 4 is 33.4 Å². The fourth-order valence-electron chi connectivity index (χ4n) is 3.71. The predicted octanol–water partition coefficient (Wildman–Crippen LogP) is 2.00. The zero-order chi connectivity index (χ0) is 20.3. The molecule has 0 saturated carbocycles. The van der Waals surface area contributed by atoms with Crippen LogP contribution in [0.4, 0.5) is 0 Å². The first-order valence-electron chi connectivity index (χ1n) is 9.91. The van der Waals surface area contributed by atoms with Crippen molar-refractivity contribution in [3.05, 3.63) is 27.1 Å². The number of aromatic nitrogens is 2. The molecule has 2 N–H and O–H groups in total. The zero-order valence-electron chi connectivity index (χ0n) is 16.7. The third-order valence-electron chi connectivity index (χ3n) is 5.13. The first-order valence-corrected chi connectivity index (χ1v) is 10.7. The van der Waals surface area contributed by atoms with Crippen molar-refractivity contribution in [2.45, 2.75) is 65.0 Å². The van der Waals surface area contributed by atoms with Crippen molar-refractivity contribution in [2.75, 3.05) is 7.05 Å². The van der Waals surface area contributed by atoms with Crippen LogP contribution in [0.5, 0.6) is 0 Å². The van der Waals surface area contributed by atoms with E-state index >= 15 is 0 Å². The van der Waals surface area contributed by atoms with E-state index in [0.717, 1.165) is 41.5 Å². The number of nitrogens with zero attached hydrogens (tertiary/aromatic N) is 2. The molecule has 1 unspecified atom stereocenters. The van der Waals surface area contributed by atoms with Crippen molar-refractivity contribution in [2.24, 2.45) is 5.92 Å². The second-order valence-corrected chi connectivity index (χ2v) is 8.83. The third-order valence-corrected chi connectivity index (χ3v) is 6.33. The summed E-state index contributed by atoms with van der Waals surface area (Å²) in [5, 5.41) is 6.10. The molecule has 8 heteroatoms. The summed E-state index contributed by atoms with van der Waals surface area (Å²) in [5.41, 5.74) is 1.08. The Bertz CT molecular complexity index is 931. The highest BCUT2D eigenvalue weighted by molar-refractivity contribution is 7.18. The highest BCUT2D eigenvalue weighted by atomic mass is 32.1. The van der Waals surface area contributed by atoms with E-state index in [-0.39, 0.29) is 36.3 Å². The van der Waals surface area contributed by atoms with E-state index in [0.29, 0.717) is 6.42 Å². The summed E-state index contributed by atoms with van der Waals surface area (Å²) in [7, 11) is 1.56. The number of amides is 2. The minimum atomic E-state index is -0.557. The maximum Gasteiger partial charge on any atom is 0.262 e. The molecule has 0 aliphatic heterocycles. The monoisotopic (exact) mass is 404 g/mol. The van der Waals surface area contributed by atoms with Crippen LogP contribution < -0.4 is 16.2 Å². The minimum absolute atomic E-state index is 0.0674. The molecular formula is C20H28N4O3S. The quantitative estimate of drug-likeness (QED) is 0.738. The zero-order valence-corrected chi connectivity index (χ0v) is 17.5. The number of thiophene rings is 1. The third kappa shape index (κ3) is 4.43. The summed E-state index contributed by atoms with van der Waals surface area (Å²) >= 11 is 1.62. The van der Waals surface area contributed by atoms with Crippen molar-refractivity contribution in [1.29, 1.82) is 0 Å². The number of fused-ring (bicyclic) bond motifs is 3. The van der Waals surface area contributed by atoms with Gasteiger partial charge in [-0.25, -0.2) is 4.98 Å².